The number of hydrogen-bond donors (Lipinski definition) is 4. The average molecular weight is 1100 g/mol. The molecule has 3 fully saturated rings. The van der Waals surface area contributed by atoms with Crippen LogP contribution in [0.5, 0.6) is 17.2 Å². The van der Waals surface area contributed by atoms with Crippen molar-refractivity contribution in [3.05, 3.63) is 85.6 Å². The Morgan fingerprint density at radius 1 is 0.672 bits per heavy atom. The number of ether oxygens (including phenoxy) is 4. The number of halogens is 8. The van der Waals surface area contributed by atoms with Crippen molar-refractivity contribution in [3.63, 3.8) is 0 Å². The van der Waals surface area contributed by atoms with E-state index in [0.29, 0.717) is 61.4 Å². The summed E-state index contributed by atoms with van der Waals surface area (Å²) in [6.45, 7) is 19.2. The van der Waals surface area contributed by atoms with Crippen molar-refractivity contribution in [1.29, 1.82) is 0 Å². The molecule has 10 nitrogen and oxygen atoms in total. The zero-order valence-electron chi connectivity index (χ0n) is 37.8. The molecule has 0 heterocycles. The number of phenols is 1. The van der Waals surface area contributed by atoms with Gasteiger partial charge in [0.05, 0.1) is 28.3 Å². The number of alkyl carbamates (subject to hydrolysis) is 2. The normalized spacial score (nSPS) is 20.2. The summed E-state index contributed by atoms with van der Waals surface area (Å²) in [7, 11) is 0. The highest BCUT2D eigenvalue weighted by molar-refractivity contribution is 14.1. The minimum atomic E-state index is -0.546. The summed E-state index contributed by atoms with van der Waals surface area (Å²) in [6, 6.07) is 8.34. The maximum Gasteiger partial charge on any atom is 0.407 e. The van der Waals surface area contributed by atoms with Gasteiger partial charge in [0, 0.05) is 29.8 Å². The molecule has 0 radical (unpaired) electrons. The first-order chi connectivity index (χ1) is 29.5. The van der Waals surface area contributed by atoms with Crippen LogP contribution in [0.15, 0.2) is 36.4 Å². The number of carbonyl (C=O) groups is 2. The van der Waals surface area contributed by atoms with Gasteiger partial charge in [-0.25, -0.2) is 22.8 Å². The van der Waals surface area contributed by atoms with Gasteiger partial charge < -0.3 is 40.4 Å². The SMILES string of the molecule is CC(C)(C)OC(=O)NCC1CC1c1c(O)ccc(F)c1Cl.CCI.CCOc1ccc(F)c(Cl)c1C1CC1CN.CCOc1ccc(F)c(Cl)c1C1CC1CNC(=O)OC(C)(C)C.Cl. The lowest BCUT2D eigenvalue weighted by Crippen LogP contribution is -2.33. The highest BCUT2D eigenvalue weighted by Crippen LogP contribution is 2.54. The summed E-state index contributed by atoms with van der Waals surface area (Å²) < 4.78 is 63.2. The standard InChI is InChI=1S/C17H23ClFNO3.C15H19ClFNO3.C12H15ClFNO.C2H5I.ClH/c1-5-22-13-7-6-12(19)15(18)14(13)11-8-10(11)9-20-16(21)23-17(2,3)4;1-15(2,3)21-14(20)18-7-8-6-9(8)12-11(19)5-4-10(17)13(12)16;1-2-16-10-4-3-9(14)12(13)11(10)8-5-7(8)6-15;1-2-3;/h6-7,10-11H,5,8-9H2,1-4H3,(H,20,21);4-5,8-9,19H,6-7H2,1-3H3,(H,18,20);3-4,7-8H,2,5-6,15H2,1H3;2H2,1H3;1H. The molecule has 0 saturated heterocycles. The summed E-state index contributed by atoms with van der Waals surface area (Å²) >= 11 is 20.3. The van der Waals surface area contributed by atoms with Crippen molar-refractivity contribution in [1.82, 2.24) is 10.6 Å². The van der Waals surface area contributed by atoms with Gasteiger partial charge in [0.25, 0.3) is 0 Å². The highest BCUT2D eigenvalue weighted by atomic mass is 127. The van der Waals surface area contributed by atoms with E-state index in [1.54, 1.807) is 32.9 Å². The first kappa shape index (κ1) is 57.4. The van der Waals surface area contributed by atoms with Crippen molar-refractivity contribution in [3.8, 4) is 17.2 Å². The number of alkyl halides is 1. The molecule has 0 aromatic heterocycles. The number of phenolic OH excluding ortho intramolecular Hbond substituents is 1. The van der Waals surface area contributed by atoms with Gasteiger partial charge in [-0.3, -0.25) is 0 Å². The Morgan fingerprint density at radius 2 is 1.00 bits per heavy atom. The Bertz CT molecular complexity index is 2010. The molecule has 3 aromatic rings. The van der Waals surface area contributed by atoms with Crippen LogP contribution in [0.1, 0.15) is 116 Å². The van der Waals surface area contributed by atoms with Crippen molar-refractivity contribution < 1.29 is 46.8 Å². The first-order valence-electron chi connectivity index (χ1n) is 21.1. The monoisotopic (exact) mass is 1090 g/mol. The second-order valence-corrected chi connectivity index (χ2v) is 19.9. The molecule has 6 atom stereocenters. The van der Waals surface area contributed by atoms with Crippen LogP contribution in [-0.2, 0) is 9.47 Å². The third kappa shape index (κ3) is 17.8. The van der Waals surface area contributed by atoms with Gasteiger partial charge in [-0.15, -0.1) is 12.4 Å². The molecular formula is C46H63Cl4F3IN3O7. The predicted octanol–water partition coefficient (Wildman–Crippen LogP) is 13.1. The van der Waals surface area contributed by atoms with E-state index >= 15 is 0 Å². The minimum absolute atomic E-state index is 0. The molecule has 5 N–H and O–H groups in total. The smallest absolute Gasteiger partial charge is 0.407 e. The number of aromatic hydroxyl groups is 1. The maximum atomic E-state index is 13.7. The number of carbonyl (C=O) groups excluding carboxylic acids is 2. The Balaban J connectivity index is 0.000000322. The molecule has 0 bridgehead atoms. The zero-order chi connectivity index (χ0) is 47.4. The fraction of sp³-hybridized carbons (Fsp3) is 0.565. The Hall–Kier alpha value is -2.76. The number of nitrogens with two attached hydrogens (primary N) is 1. The van der Waals surface area contributed by atoms with Crippen molar-refractivity contribution in [2.75, 3.05) is 37.3 Å². The van der Waals surface area contributed by atoms with E-state index in [1.807, 2.05) is 34.6 Å². The third-order valence-electron chi connectivity index (χ3n) is 9.89. The van der Waals surface area contributed by atoms with Crippen LogP contribution < -0.4 is 25.8 Å². The van der Waals surface area contributed by atoms with Crippen molar-refractivity contribution in [2.45, 2.75) is 111 Å². The Kier molecular flexibility index (Phi) is 23.3. The van der Waals surface area contributed by atoms with Crippen LogP contribution in [-0.4, -0.2) is 65.8 Å². The second kappa shape index (κ2) is 26.0. The summed E-state index contributed by atoms with van der Waals surface area (Å²) in [5.74, 6) is 0.980. The summed E-state index contributed by atoms with van der Waals surface area (Å²) in [6.07, 6.45) is 1.62. The molecule has 2 amide bonds. The summed E-state index contributed by atoms with van der Waals surface area (Å²) in [4.78, 5) is 23.2. The summed E-state index contributed by atoms with van der Waals surface area (Å²) in [5.41, 5.74) is 6.44. The van der Waals surface area contributed by atoms with E-state index in [0.717, 1.165) is 30.9 Å². The van der Waals surface area contributed by atoms with Crippen LogP contribution in [0.25, 0.3) is 0 Å². The van der Waals surface area contributed by atoms with Gasteiger partial charge >= 0.3 is 12.2 Å². The van der Waals surface area contributed by atoms with Crippen LogP contribution in [0.2, 0.25) is 15.1 Å². The maximum absolute atomic E-state index is 13.7. The first-order valence-corrected chi connectivity index (χ1v) is 23.8. The molecule has 64 heavy (non-hydrogen) atoms. The third-order valence-corrected chi connectivity index (χ3v) is 11.0. The fourth-order valence-corrected chi connectivity index (χ4v) is 7.72. The van der Waals surface area contributed by atoms with E-state index in [9.17, 15) is 27.9 Å². The fourth-order valence-electron chi connectivity index (χ4n) is 6.83. The molecular weight excluding hydrogens is 1030 g/mol. The predicted molar refractivity (Wildman–Crippen MR) is 260 cm³/mol. The molecule has 3 aliphatic carbocycles. The average Bonchev–Trinajstić information content (AvgIpc) is 4.10. The number of nitrogens with one attached hydrogen (secondary N) is 2. The molecule has 0 aliphatic heterocycles. The van der Waals surface area contributed by atoms with E-state index < -0.39 is 35.0 Å². The van der Waals surface area contributed by atoms with Gasteiger partial charge in [-0.1, -0.05) is 64.3 Å². The summed E-state index contributed by atoms with van der Waals surface area (Å²) in [5, 5.41) is 15.5. The van der Waals surface area contributed by atoms with Gasteiger partial charge in [-0.05, 0) is 158 Å². The molecule has 6 unspecified atom stereocenters. The van der Waals surface area contributed by atoms with E-state index in [1.165, 1.54) is 22.6 Å². The van der Waals surface area contributed by atoms with E-state index in [-0.39, 0.29) is 68.6 Å². The van der Waals surface area contributed by atoms with E-state index in [2.05, 4.69) is 40.1 Å². The van der Waals surface area contributed by atoms with Crippen molar-refractivity contribution in [2.24, 2.45) is 23.5 Å². The van der Waals surface area contributed by atoms with Gasteiger partial charge in [0.1, 0.15) is 45.9 Å². The largest absolute Gasteiger partial charge is 0.508 e. The Labute approximate surface area is 411 Å². The Morgan fingerprint density at radius 3 is 1.34 bits per heavy atom. The van der Waals surface area contributed by atoms with Crippen molar-refractivity contribution >= 4 is 82.0 Å². The van der Waals surface area contributed by atoms with Gasteiger partial charge in [-0.2, -0.15) is 0 Å². The molecule has 3 aliphatic rings. The van der Waals surface area contributed by atoms with Crippen LogP contribution >= 0.6 is 69.8 Å². The molecule has 3 saturated carbocycles. The van der Waals surface area contributed by atoms with Crippen LogP contribution in [0.4, 0.5) is 22.8 Å². The van der Waals surface area contributed by atoms with Gasteiger partial charge in [0.15, 0.2) is 0 Å². The second-order valence-electron chi connectivity index (χ2n) is 17.3. The number of hydrogen-bond acceptors (Lipinski definition) is 8. The number of amides is 2. The molecule has 3 aromatic carbocycles. The number of rotatable bonds is 12. The number of benzene rings is 3. The molecule has 0 spiro atoms. The van der Waals surface area contributed by atoms with Crippen LogP contribution in [0.3, 0.4) is 0 Å². The van der Waals surface area contributed by atoms with Crippen LogP contribution in [0, 0.1) is 35.2 Å². The van der Waals surface area contributed by atoms with Gasteiger partial charge in [0.2, 0.25) is 0 Å². The molecule has 360 valence electrons. The molecule has 6 rings (SSSR count). The quantitative estimate of drug-likeness (QED) is 0.104. The highest BCUT2D eigenvalue weighted by Gasteiger charge is 2.44. The lowest BCUT2D eigenvalue weighted by Gasteiger charge is -2.19. The lowest BCUT2D eigenvalue weighted by molar-refractivity contribution is 0.0513. The minimum Gasteiger partial charge on any atom is -0.508 e. The van der Waals surface area contributed by atoms with E-state index in [4.69, 9.17) is 59.5 Å². The molecule has 18 heteroatoms. The topological polar surface area (TPSA) is 141 Å². The zero-order valence-corrected chi connectivity index (χ0v) is 43.1. The lowest BCUT2D eigenvalue weighted by atomic mass is 10.1.